The number of aromatic nitrogens is 3. The summed E-state index contributed by atoms with van der Waals surface area (Å²) in [7, 11) is 0. The molecule has 0 aliphatic carbocycles. The third-order valence-electron chi connectivity index (χ3n) is 3.28. The van der Waals surface area contributed by atoms with Gasteiger partial charge in [-0.1, -0.05) is 0 Å². The monoisotopic (exact) mass is 284 g/mol. The number of nitrogens with one attached hydrogen (secondary N) is 1. The standard InChI is InChI=1S/C11H17ClN6O/c12-9-14-10(17-3-1-13-2-4-17)16-11(15-9)18-5-7-19-8-6-18/h13H,1-8H2. The van der Waals surface area contributed by atoms with Crippen molar-refractivity contribution in [3.05, 3.63) is 5.28 Å². The summed E-state index contributed by atoms with van der Waals surface area (Å²) < 4.78 is 5.33. The van der Waals surface area contributed by atoms with Crippen LogP contribution in [0.5, 0.6) is 0 Å². The van der Waals surface area contributed by atoms with E-state index in [1.807, 2.05) is 0 Å². The van der Waals surface area contributed by atoms with Crippen molar-refractivity contribution in [3.8, 4) is 0 Å². The number of hydrogen-bond acceptors (Lipinski definition) is 7. The van der Waals surface area contributed by atoms with Crippen molar-refractivity contribution >= 4 is 23.5 Å². The first kappa shape index (κ1) is 12.8. The van der Waals surface area contributed by atoms with Crippen LogP contribution >= 0.6 is 11.6 Å². The minimum absolute atomic E-state index is 0.255. The maximum Gasteiger partial charge on any atom is 0.231 e. The van der Waals surface area contributed by atoms with E-state index in [9.17, 15) is 0 Å². The van der Waals surface area contributed by atoms with E-state index < -0.39 is 0 Å². The average Bonchev–Trinajstić information content (AvgIpc) is 2.48. The van der Waals surface area contributed by atoms with Gasteiger partial charge >= 0.3 is 0 Å². The van der Waals surface area contributed by atoms with Crippen LogP contribution in [-0.4, -0.2) is 67.4 Å². The van der Waals surface area contributed by atoms with E-state index in [2.05, 4.69) is 30.1 Å². The molecule has 0 bridgehead atoms. The largest absolute Gasteiger partial charge is 0.378 e. The molecule has 0 saturated carbocycles. The molecule has 7 nitrogen and oxygen atoms in total. The molecule has 3 rings (SSSR count). The molecule has 1 aromatic rings. The molecule has 2 fully saturated rings. The SMILES string of the molecule is Clc1nc(N2CCNCC2)nc(N2CCOCC2)n1. The van der Waals surface area contributed by atoms with Crippen molar-refractivity contribution in [3.63, 3.8) is 0 Å². The molecule has 1 aromatic heterocycles. The van der Waals surface area contributed by atoms with Crippen molar-refractivity contribution in [2.45, 2.75) is 0 Å². The molecule has 3 heterocycles. The highest BCUT2D eigenvalue weighted by molar-refractivity contribution is 6.28. The Bertz CT molecular complexity index is 397. The Kier molecular flexibility index (Phi) is 3.95. The number of rotatable bonds is 2. The average molecular weight is 285 g/mol. The van der Waals surface area contributed by atoms with Gasteiger partial charge in [-0.3, -0.25) is 0 Å². The Morgan fingerprint density at radius 1 is 0.895 bits per heavy atom. The van der Waals surface area contributed by atoms with Gasteiger partial charge in [-0.15, -0.1) is 0 Å². The number of piperazine rings is 1. The molecule has 0 unspecified atom stereocenters. The van der Waals surface area contributed by atoms with E-state index in [-0.39, 0.29) is 5.28 Å². The minimum atomic E-state index is 0.255. The Morgan fingerprint density at radius 2 is 1.47 bits per heavy atom. The van der Waals surface area contributed by atoms with Gasteiger partial charge < -0.3 is 19.9 Å². The predicted octanol–water partition coefficient (Wildman–Crippen LogP) is -0.229. The summed E-state index contributed by atoms with van der Waals surface area (Å²) >= 11 is 6.03. The fourth-order valence-electron chi connectivity index (χ4n) is 2.24. The lowest BCUT2D eigenvalue weighted by molar-refractivity contribution is 0.122. The predicted molar refractivity (Wildman–Crippen MR) is 73.0 cm³/mol. The van der Waals surface area contributed by atoms with Gasteiger partial charge in [-0.25, -0.2) is 0 Å². The minimum Gasteiger partial charge on any atom is -0.378 e. The van der Waals surface area contributed by atoms with E-state index in [4.69, 9.17) is 16.3 Å². The zero-order chi connectivity index (χ0) is 13.1. The van der Waals surface area contributed by atoms with E-state index in [1.54, 1.807) is 0 Å². The van der Waals surface area contributed by atoms with Crippen LogP contribution in [-0.2, 0) is 4.74 Å². The Morgan fingerprint density at radius 3 is 2.11 bits per heavy atom. The van der Waals surface area contributed by atoms with Gasteiger partial charge in [0.25, 0.3) is 0 Å². The summed E-state index contributed by atoms with van der Waals surface area (Å²) in [4.78, 5) is 17.2. The first-order valence-electron chi connectivity index (χ1n) is 6.53. The molecule has 2 saturated heterocycles. The van der Waals surface area contributed by atoms with E-state index in [0.29, 0.717) is 25.1 Å². The molecular formula is C11H17ClN6O. The number of anilines is 2. The maximum absolute atomic E-state index is 6.03. The Labute approximate surface area is 116 Å². The molecular weight excluding hydrogens is 268 g/mol. The molecule has 104 valence electrons. The summed E-state index contributed by atoms with van der Waals surface area (Å²) in [5.41, 5.74) is 0. The highest BCUT2D eigenvalue weighted by Gasteiger charge is 2.19. The molecule has 1 N–H and O–H groups in total. The summed E-state index contributed by atoms with van der Waals surface area (Å²) in [6, 6.07) is 0. The summed E-state index contributed by atoms with van der Waals surface area (Å²) in [6.45, 7) is 6.65. The second-order valence-corrected chi connectivity index (χ2v) is 4.88. The molecule has 2 aliphatic rings. The van der Waals surface area contributed by atoms with Crippen LogP contribution < -0.4 is 15.1 Å². The second kappa shape index (κ2) is 5.85. The number of ether oxygens (including phenoxy) is 1. The van der Waals surface area contributed by atoms with Gasteiger partial charge in [0.15, 0.2) is 0 Å². The van der Waals surface area contributed by atoms with Crippen LogP contribution in [0.3, 0.4) is 0 Å². The zero-order valence-corrected chi connectivity index (χ0v) is 11.4. The quantitative estimate of drug-likeness (QED) is 0.805. The van der Waals surface area contributed by atoms with Gasteiger partial charge in [0.2, 0.25) is 17.2 Å². The van der Waals surface area contributed by atoms with Crippen LogP contribution in [0.2, 0.25) is 5.28 Å². The van der Waals surface area contributed by atoms with Crippen molar-refractivity contribution < 1.29 is 4.74 Å². The lowest BCUT2D eigenvalue weighted by Gasteiger charge is -2.30. The van der Waals surface area contributed by atoms with Crippen molar-refractivity contribution in [2.75, 3.05) is 62.3 Å². The van der Waals surface area contributed by atoms with Gasteiger partial charge in [-0.2, -0.15) is 15.0 Å². The van der Waals surface area contributed by atoms with Gasteiger partial charge in [0.1, 0.15) is 0 Å². The van der Waals surface area contributed by atoms with Crippen LogP contribution in [0, 0.1) is 0 Å². The van der Waals surface area contributed by atoms with E-state index >= 15 is 0 Å². The fourth-order valence-corrected chi connectivity index (χ4v) is 2.39. The third-order valence-corrected chi connectivity index (χ3v) is 3.45. The fraction of sp³-hybridized carbons (Fsp3) is 0.727. The second-order valence-electron chi connectivity index (χ2n) is 4.54. The smallest absolute Gasteiger partial charge is 0.231 e. The maximum atomic E-state index is 6.03. The Hall–Kier alpha value is -1.18. The topological polar surface area (TPSA) is 66.4 Å². The van der Waals surface area contributed by atoms with Gasteiger partial charge in [0, 0.05) is 39.3 Å². The molecule has 2 aliphatic heterocycles. The highest BCUT2D eigenvalue weighted by Crippen LogP contribution is 2.17. The van der Waals surface area contributed by atoms with Crippen molar-refractivity contribution in [1.29, 1.82) is 0 Å². The lowest BCUT2D eigenvalue weighted by Crippen LogP contribution is -2.44. The van der Waals surface area contributed by atoms with E-state index in [1.165, 1.54) is 0 Å². The molecule has 0 aromatic carbocycles. The van der Waals surface area contributed by atoms with Crippen LogP contribution in [0.15, 0.2) is 0 Å². The molecule has 0 spiro atoms. The number of morpholine rings is 1. The third kappa shape index (κ3) is 3.05. The molecule has 0 atom stereocenters. The summed E-state index contributed by atoms with van der Waals surface area (Å²) in [5, 5.41) is 3.56. The van der Waals surface area contributed by atoms with Crippen LogP contribution in [0.25, 0.3) is 0 Å². The van der Waals surface area contributed by atoms with Gasteiger partial charge in [-0.05, 0) is 11.6 Å². The summed E-state index contributed by atoms with van der Waals surface area (Å²) in [5.74, 6) is 1.32. The van der Waals surface area contributed by atoms with E-state index in [0.717, 1.165) is 39.3 Å². The molecule has 8 heteroatoms. The summed E-state index contributed by atoms with van der Waals surface area (Å²) in [6.07, 6.45) is 0. The Balaban J connectivity index is 1.82. The lowest BCUT2D eigenvalue weighted by atomic mass is 10.4. The van der Waals surface area contributed by atoms with Crippen molar-refractivity contribution in [1.82, 2.24) is 20.3 Å². The van der Waals surface area contributed by atoms with Crippen molar-refractivity contribution in [2.24, 2.45) is 0 Å². The highest BCUT2D eigenvalue weighted by atomic mass is 35.5. The first-order chi connectivity index (χ1) is 9.33. The number of hydrogen-bond donors (Lipinski definition) is 1. The number of halogens is 1. The molecule has 0 amide bonds. The first-order valence-corrected chi connectivity index (χ1v) is 6.91. The van der Waals surface area contributed by atoms with Crippen LogP contribution in [0.1, 0.15) is 0 Å². The zero-order valence-electron chi connectivity index (χ0n) is 10.7. The molecule has 19 heavy (non-hydrogen) atoms. The normalized spacial score (nSPS) is 20.7. The van der Waals surface area contributed by atoms with Gasteiger partial charge in [0.05, 0.1) is 13.2 Å². The molecule has 0 radical (unpaired) electrons. The number of nitrogens with zero attached hydrogens (tertiary/aromatic N) is 5. The van der Waals surface area contributed by atoms with Crippen LogP contribution in [0.4, 0.5) is 11.9 Å².